The van der Waals surface area contributed by atoms with Gasteiger partial charge in [0, 0.05) is 6.04 Å². The molecule has 0 aliphatic rings. The Balaban J connectivity index is 1.94. The molecule has 108 valence electrons. The quantitative estimate of drug-likeness (QED) is 0.910. The second-order valence-corrected chi connectivity index (χ2v) is 5.56. The predicted octanol–water partition coefficient (Wildman–Crippen LogP) is 3.51. The summed E-state index contributed by atoms with van der Waals surface area (Å²) in [5.41, 5.74) is 2.98. The van der Waals surface area contributed by atoms with Gasteiger partial charge in [0.15, 0.2) is 5.69 Å². The molecule has 21 heavy (non-hydrogen) atoms. The first-order chi connectivity index (χ1) is 10.1. The summed E-state index contributed by atoms with van der Waals surface area (Å²) in [6, 6.07) is 14.4. The van der Waals surface area contributed by atoms with Gasteiger partial charge in [-0.25, -0.2) is 0 Å². The van der Waals surface area contributed by atoms with Crippen LogP contribution in [0.2, 0.25) is 0 Å². The summed E-state index contributed by atoms with van der Waals surface area (Å²) in [5, 5.41) is 19.8. The van der Waals surface area contributed by atoms with E-state index < -0.39 is 0 Å². The van der Waals surface area contributed by atoms with Gasteiger partial charge >= 0.3 is 0 Å². The van der Waals surface area contributed by atoms with E-state index in [9.17, 15) is 0 Å². The highest BCUT2D eigenvalue weighted by atomic mass is 15.2. The van der Waals surface area contributed by atoms with E-state index in [2.05, 4.69) is 60.6 Å². The zero-order valence-corrected chi connectivity index (χ0v) is 12.7. The molecule has 0 amide bonds. The summed E-state index contributed by atoms with van der Waals surface area (Å²) >= 11 is 0. The average Bonchev–Trinajstić information content (AvgIpc) is 2.48. The molecule has 0 aliphatic carbocycles. The van der Waals surface area contributed by atoms with Gasteiger partial charge in [-0.05, 0) is 42.5 Å². The van der Waals surface area contributed by atoms with Crippen molar-refractivity contribution in [1.82, 2.24) is 10.2 Å². The van der Waals surface area contributed by atoms with Crippen LogP contribution < -0.4 is 5.32 Å². The molecule has 2 rings (SSSR count). The van der Waals surface area contributed by atoms with Gasteiger partial charge in [0.05, 0.1) is 0 Å². The highest BCUT2D eigenvalue weighted by Gasteiger charge is 2.06. The Kier molecular flexibility index (Phi) is 4.89. The zero-order valence-electron chi connectivity index (χ0n) is 12.7. The maximum absolute atomic E-state index is 8.69. The van der Waals surface area contributed by atoms with Gasteiger partial charge < -0.3 is 5.32 Å². The molecule has 0 saturated carbocycles. The number of benzene rings is 1. The lowest BCUT2D eigenvalue weighted by Gasteiger charge is -2.14. The molecule has 0 spiro atoms. The van der Waals surface area contributed by atoms with E-state index in [4.69, 9.17) is 5.26 Å². The fraction of sp³-hybridized carbons (Fsp3) is 0.353. The van der Waals surface area contributed by atoms with Crippen molar-refractivity contribution < 1.29 is 0 Å². The Morgan fingerprint density at radius 2 is 1.76 bits per heavy atom. The van der Waals surface area contributed by atoms with Crippen molar-refractivity contribution in [1.29, 1.82) is 5.26 Å². The van der Waals surface area contributed by atoms with Gasteiger partial charge in [-0.2, -0.15) is 5.26 Å². The summed E-state index contributed by atoms with van der Waals surface area (Å²) in [6.07, 6.45) is 0.917. The predicted molar refractivity (Wildman–Crippen MR) is 84.1 cm³/mol. The molecular weight excluding hydrogens is 260 g/mol. The van der Waals surface area contributed by atoms with Crippen LogP contribution in [0.1, 0.15) is 43.5 Å². The van der Waals surface area contributed by atoms with Crippen LogP contribution in [0.5, 0.6) is 0 Å². The number of nitriles is 1. The molecular formula is C17H20N4. The number of hydrogen-bond acceptors (Lipinski definition) is 4. The Morgan fingerprint density at radius 1 is 1.05 bits per heavy atom. The third-order valence-corrected chi connectivity index (χ3v) is 3.36. The van der Waals surface area contributed by atoms with E-state index in [1.165, 1.54) is 11.1 Å². The Bertz CT molecular complexity index is 609. The van der Waals surface area contributed by atoms with Crippen LogP contribution in [-0.4, -0.2) is 16.2 Å². The molecule has 1 aromatic heterocycles. The molecule has 2 aromatic rings. The average molecular weight is 280 g/mol. The normalized spacial score (nSPS) is 12.0. The highest BCUT2D eigenvalue weighted by Crippen LogP contribution is 2.16. The minimum Gasteiger partial charge on any atom is -0.366 e. The van der Waals surface area contributed by atoms with E-state index in [0.717, 1.165) is 6.42 Å². The fourth-order valence-corrected chi connectivity index (χ4v) is 2.16. The van der Waals surface area contributed by atoms with Crippen molar-refractivity contribution in [3.05, 3.63) is 53.2 Å². The second kappa shape index (κ2) is 6.85. The van der Waals surface area contributed by atoms with Crippen LogP contribution in [0.25, 0.3) is 0 Å². The number of aromatic nitrogens is 2. The number of nitrogens with one attached hydrogen (secondary N) is 1. The first kappa shape index (κ1) is 15.0. The summed E-state index contributed by atoms with van der Waals surface area (Å²) < 4.78 is 0. The van der Waals surface area contributed by atoms with E-state index in [1.807, 2.05) is 6.07 Å². The number of anilines is 1. The lowest BCUT2D eigenvalue weighted by atomic mass is 9.99. The van der Waals surface area contributed by atoms with E-state index >= 15 is 0 Å². The van der Waals surface area contributed by atoms with Gasteiger partial charge in [0.25, 0.3) is 0 Å². The molecule has 1 N–H and O–H groups in total. The van der Waals surface area contributed by atoms with Crippen molar-refractivity contribution >= 4 is 5.82 Å². The topological polar surface area (TPSA) is 61.6 Å². The molecule has 0 fully saturated rings. The molecule has 1 aromatic carbocycles. The summed E-state index contributed by atoms with van der Waals surface area (Å²) in [7, 11) is 0. The first-order valence-corrected chi connectivity index (χ1v) is 7.17. The van der Waals surface area contributed by atoms with Crippen molar-refractivity contribution in [2.24, 2.45) is 0 Å². The summed E-state index contributed by atoms with van der Waals surface area (Å²) in [4.78, 5) is 0. The minimum atomic E-state index is 0.247. The largest absolute Gasteiger partial charge is 0.366 e. The second-order valence-electron chi connectivity index (χ2n) is 5.56. The van der Waals surface area contributed by atoms with Crippen molar-refractivity contribution in [2.45, 2.75) is 39.2 Å². The minimum absolute atomic E-state index is 0.247. The maximum Gasteiger partial charge on any atom is 0.163 e. The van der Waals surface area contributed by atoms with Gasteiger partial charge in [0.2, 0.25) is 0 Å². The Labute approximate surface area is 125 Å². The smallest absolute Gasteiger partial charge is 0.163 e. The van der Waals surface area contributed by atoms with E-state index in [-0.39, 0.29) is 6.04 Å². The van der Waals surface area contributed by atoms with E-state index in [0.29, 0.717) is 17.4 Å². The number of nitrogens with zero attached hydrogens (tertiary/aromatic N) is 3. The molecule has 0 unspecified atom stereocenters. The van der Waals surface area contributed by atoms with Crippen molar-refractivity contribution in [3.63, 3.8) is 0 Å². The molecule has 4 nitrogen and oxygen atoms in total. The van der Waals surface area contributed by atoms with Crippen LogP contribution in [-0.2, 0) is 6.42 Å². The number of hydrogen-bond donors (Lipinski definition) is 1. The van der Waals surface area contributed by atoms with Gasteiger partial charge in [-0.15, -0.1) is 10.2 Å². The zero-order chi connectivity index (χ0) is 15.2. The third-order valence-electron chi connectivity index (χ3n) is 3.36. The van der Waals surface area contributed by atoms with Crippen molar-refractivity contribution in [3.8, 4) is 6.07 Å². The van der Waals surface area contributed by atoms with Crippen LogP contribution in [0.4, 0.5) is 5.82 Å². The third kappa shape index (κ3) is 4.28. The van der Waals surface area contributed by atoms with Crippen LogP contribution in [0.15, 0.2) is 36.4 Å². The standard InChI is InChI=1S/C17H20N4/c1-12(2)15-6-4-14(5-7-15)10-13(3)19-17-9-8-16(11-18)20-21-17/h4-9,12-13H,10H2,1-3H3,(H,19,21)/t13-/m1/s1. The molecule has 0 bridgehead atoms. The summed E-state index contributed by atoms with van der Waals surface area (Å²) in [5.74, 6) is 1.25. The molecule has 1 atom stereocenters. The monoisotopic (exact) mass is 280 g/mol. The fourth-order valence-electron chi connectivity index (χ4n) is 2.16. The maximum atomic E-state index is 8.69. The number of rotatable bonds is 5. The van der Waals surface area contributed by atoms with Crippen LogP contribution in [0.3, 0.4) is 0 Å². The molecule has 4 heteroatoms. The van der Waals surface area contributed by atoms with Crippen molar-refractivity contribution in [2.75, 3.05) is 5.32 Å². The van der Waals surface area contributed by atoms with Crippen LogP contribution in [0, 0.1) is 11.3 Å². The van der Waals surface area contributed by atoms with Gasteiger partial charge in [-0.3, -0.25) is 0 Å². The first-order valence-electron chi connectivity index (χ1n) is 7.17. The molecule has 0 aliphatic heterocycles. The molecule has 1 heterocycles. The molecule has 0 saturated heterocycles. The highest BCUT2D eigenvalue weighted by molar-refractivity contribution is 5.37. The SMILES string of the molecule is CC(C)c1ccc(C[C@@H](C)Nc2ccc(C#N)nn2)cc1. The molecule has 0 radical (unpaired) electrons. The Hall–Kier alpha value is -2.41. The van der Waals surface area contributed by atoms with Gasteiger partial charge in [0.1, 0.15) is 11.9 Å². The van der Waals surface area contributed by atoms with Gasteiger partial charge in [-0.1, -0.05) is 38.1 Å². The van der Waals surface area contributed by atoms with E-state index in [1.54, 1.807) is 12.1 Å². The Morgan fingerprint density at radius 3 is 2.29 bits per heavy atom. The van der Waals surface area contributed by atoms with Crippen LogP contribution >= 0.6 is 0 Å². The lowest BCUT2D eigenvalue weighted by molar-refractivity contribution is 0.776. The summed E-state index contributed by atoms with van der Waals surface area (Å²) in [6.45, 7) is 6.50. The lowest BCUT2D eigenvalue weighted by Crippen LogP contribution is -2.19.